The van der Waals surface area contributed by atoms with Crippen LogP contribution in [-0.4, -0.2) is 12.2 Å². The van der Waals surface area contributed by atoms with E-state index in [-0.39, 0.29) is 0 Å². The second kappa shape index (κ2) is 1.34. The van der Waals surface area contributed by atoms with Gasteiger partial charge in [0, 0.05) is 0 Å². The van der Waals surface area contributed by atoms with Crippen molar-refractivity contribution in [2.45, 2.75) is 37.9 Å². The quantitative estimate of drug-likeness (QED) is 0.446. The fourth-order valence-electron chi connectivity index (χ4n) is 2.81. The van der Waals surface area contributed by atoms with Crippen LogP contribution >= 0.6 is 0 Å². The fourth-order valence-corrected chi connectivity index (χ4v) is 2.81. The molecule has 0 radical (unpaired) electrons. The molecule has 0 aromatic carbocycles. The van der Waals surface area contributed by atoms with Crippen molar-refractivity contribution in [3.05, 3.63) is 0 Å². The molecule has 0 amide bonds. The Kier molecular flexibility index (Phi) is 0.704. The maximum absolute atomic E-state index is 5.47. The fraction of sp³-hybridized carbons (Fsp3) is 1.00. The molecule has 2 aliphatic carbocycles. The highest BCUT2D eigenvalue weighted by Gasteiger charge is 2.56. The van der Waals surface area contributed by atoms with Crippen molar-refractivity contribution in [3.63, 3.8) is 0 Å². The van der Waals surface area contributed by atoms with E-state index in [0.29, 0.717) is 0 Å². The largest absolute Gasteiger partial charge is 0.369 e. The standard InChI is InChI=1S/C8H12O/c1-2-5-4-7-8(9-7)6(5)3-1/h5-8H,1-4H2/t5-,6+,7-,8+/m1/s1. The van der Waals surface area contributed by atoms with Crippen molar-refractivity contribution in [1.29, 1.82) is 0 Å². The summed E-state index contributed by atoms with van der Waals surface area (Å²) in [6.45, 7) is 0. The zero-order valence-corrected chi connectivity index (χ0v) is 5.55. The summed E-state index contributed by atoms with van der Waals surface area (Å²) in [6.07, 6.45) is 7.29. The molecule has 1 saturated heterocycles. The number of fused-ring (bicyclic) bond motifs is 3. The molecule has 4 atom stereocenters. The molecule has 1 heterocycles. The minimum Gasteiger partial charge on any atom is -0.369 e. The minimum absolute atomic E-state index is 0.722. The van der Waals surface area contributed by atoms with Gasteiger partial charge in [0.15, 0.2) is 0 Å². The van der Waals surface area contributed by atoms with Crippen LogP contribution in [0.3, 0.4) is 0 Å². The predicted molar refractivity (Wildman–Crippen MR) is 34.1 cm³/mol. The van der Waals surface area contributed by atoms with Crippen molar-refractivity contribution in [2.75, 3.05) is 0 Å². The number of rotatable bonds is 0. The van der Waals surface area contributed by atoms with Gasteiger partial charge in [-0.2, -0.15) is 0 Å². The molecule has 0 spiro atoms. The van der Waals surface area contributed by atoms with E-state index in [4.69, 9.17) is 4.74 Å². The normalized spacial score (nSPS) is 61.3. The number of ether oxygens (including phenoxy) is 1. The van der Waals surface area contributed by atoms with Gasteiger partial charge in [0.05, 0.1) is 12.2 Å². The Balaban J connectivity index is 1.88. The first-order valence-corrected chi connectivity index (χ1v) is 4.10. The van der Waals surface area contributed by atoms with Crippen molar-refractivity contribution >= 4 is 0 Å². The van der Waals surface area contributed by atoms with Crippen LogP contribution in [0.2, 0.25) is 0 Å². The number of hydrogen-bond acceptors (Lipinski definition) is 1. The molecule has 2 saturated carbocycles. The Morgan fingerprint density at radius 1 is 1.22 bits per heavy atom. The van der Waals surface area contributed by atoms with E-state index in [9.17, 15) is 0 Å². The minimum atomic E-state index is 0.722. The molecule has 0 N–H and O–H groups in total. The molecular weight excluding hydrogens is 112 g/mol. The van der Waals surface area contributed by atoms with Crippen LogP contribution in [0, 0.1) is 11.8 Å². The SMILES string of the molecule is C1C[C@@H]2C[C@H]3O[C@H]3[C@H]2C1. The molecule has 9 heavy (non-hydrogen) atoms. The van der Waals surface area contributed by atoms with Gasteiger partial charge < -0.3 is 4.74 Å². The van der Waals surface area contributed by atoms with E-state index in [1.165, 1.54) is 25.7 Å². The third-order valence-electron chi connectivity index (χ3n) is 3.30. The summed E-state index contributed by atoms with van der Waals surface area (Å²) in [5.41, 5.74) is 0. The summed E-state index contributed by atoms with van der Waals surface area (Å²) in [5, 5.41) is 0. The number of hydrogen-bond donors (Lipinski definition) is 0. The first-order valence-electron chi connectivity index (χ1n) is 4.10. The molecule has 0 bridgehead atoms. The molecule has 1 nitrogen and oxygen atoms in total. The Morgan fingerprint density at radius 2 is 2.22 bits per heavy atom. The summed E-state index contributed by atoms with van der Waals surface area (Å²) < 4.78 is 5.47. The van der Waals surface area contributed by atoms with Crippen LogP contribution in [0.5, 0.6) is 0 Å². The average molecular weight is 124 g/mol. The van der Waals surface area contributed by atoms with Gasteiger partial charge >= 0.3 is 0 Å². The van der Waals surface area contributed by atoms with E-state index in [0.717, 1.165) is 24.0 Å². The molecular formula is C8H12O. The Bertz CT molecular complexity index is 144. The third-order valence-corrected chi connectivity index (χ3v) is 3.30. The highest BCUT2D eigenvalue weighted by atomic mass is 16.6. The summed E-state index contributed by atoms with van der Waals surface area (Å²) in [5.74, 6) is 2.07. The summed E-state index contributed by atoms with van der Waals surface area (Å²) >= 11 is 0. The molecule has 0 aromatic heterocycles. The summed E-state index contributed by atoms with van der Waals surface area (Å²) in [7, 11) is 0. The summed E-state index contributed by atoms with van der Waals surface area (Å²) in [4.78, 5) is 0. The van der Waals surface area contributed by atoms with E-state index in [2.05, 4.69) is 0 Å². The molecule has 1 heteroatoms. The van der Waals surface area contributed by atoms with Gasteiger partial charge in [0.1, 0.15) is 0 Å². The van der Waals surface area contributed by atoms with Crippen molar-refractivity contribution < 1.29 is 4.74 Å². The van der Waals surface area contributed by atoms with Crippen LogP contribution in [0.4, 0.5) is 0 Å². The molecule has 3 fully saturated rings. The average Bonchev–Trinajstić information content (AvgIpc) is 2.38. The van der Waals surface area contributed by atoms with Gasteiger partial charge in [-0.3, -0.25) is 0 Å². The van der Waals surface area contributed by atoms with Gasteiger partial charge in [-0.25, -0.2) is 0 Å². The Hall–Kier alpha value is -0.0400. The predicted octanol–water partition coefficient (Wildman–Crippen LogP) is 1.57. The highest BCUT2D eigenvalue weighted by Crippen LogP contribution is 2.53. The molecule has 0 unspecified atom stereocenters. The first kappa shape index (κ1) is 4.73. The maximum atomic E-state index is 5.47. The van der Waals surface area contributed by atoms with Crippen LogP contribution < -0.4 is 0 Å². The maximum Gasteiger partial charge on any atom is 0.0872 e. The van der Waals surface area contributed by atoms with E-state index in [1.54, 1.807) is 0 Å². The topological polar surface area (TPSA) is 12.5 Å². The molecule has 50 valence electrons. The van der Waals surface area contributed by atoms with E-state index >= 15 is 0 Å². The van der Waals surface area contributed by atoms with Gasteiger partial charge in [0.2, 0.25) is 0 Å². The lowest BCUT2D eigenvalue weighted by Gasteiger charge is -2.09. The molecule has 1 aliphatic heterocycles. The first-order chi connectivity index (χ1) is 4.45. The van der Waals surface area contributed by atoms with Crippen LogP contribution in [0.1, 0.15) is 25.7 Å². The highest BCUT2D eigenvalue weighted by molar-refractivity contribution is 5.04. The monoisotopic (exact) mass is 124 g/mol. The van der Waals surface area contributed by atoms with Crippen LogP contribution in [-0.2, 0) is 4.74 Å². The van der Waals surface area contributed by atoms with Crippen LogP contribution in [0.25, 0.3) is 0 Å². The van der Waals surface area contributed by atoms with E-state index < -0.39 is 0 Å². The molecule has 0 aromatic rings. The second-order valence-corrected chi connectivity index (χ2v) is 3.73. The van der Waals surface area contributed by atoms with Gasteiger partial charge in [-0.15, -0.1) is 0 Å². The Morgan fingerprint density at radius 3 is 3.11 bits per heavy atom. The number of epoxide rings is 1. The smallest absolute Gasteiger partial charge is 0.0872 e. The van der Waals surface area contributed by atoms with Gasteiger partial charge in [-0.1, -0.05) is 6.42 Å². The van der Waals surface area contributed by atoms with E-state index in [1.807, 2.05) is 0 Å². The lowest BCUT2D eigenvalue weighted by atomic mass is 10.00. The zero-order valence-electron chi connectivity index (χ0n) is 5.55. The van der Waals surface area contributed by atoms with Crippen molar-refractivity contribution in [2.24, 2.45) is 11.8 Å². The van der Waals surface area contributed by atoms with Crippen LogP contribution in [0.15, 0.2) is 0 Å². The lowest BCUT2D eigenvalue weighted by molar-refractivity contribution is 0.225. The third kappa shape index (κ3) is 0.493. The molecule has 3 rings (SSSR count). The van der Waals surface area contributed by atoms with Gasteiger partial charge in [-0.05, 0) is 31.1 Å². The lowest BCUT2D eigenvalue weighted by Crippen LogP contribution is -2.06. The van der Waals surface area contributed by atoms with Crippen molar-refractivity contribution in [1.82, 2.24) is 0 Å². The van der Waals surface area contributed by atoms with Crippen molar-refractivity contribution in [3.8, 4) is 0 Å². The van der Waals surface area contributed by atoms with Gasteiger partial charge in [0.25, 0.3) is 0 Å². The zero-order chi connectivity index (χ0) is 5.84. The second-order valence-electron chi connectivity index (χ2n) is 3.73. The Labute approximate surface area is 55.4 Å². The summed E-state index contributed by atoms with van der Waals surface area (Å²) in [6, 6.07) is 0. The molecule has 3 aliphatic rings.